The lowest BCUT2D eigenvalue weighted by Gasteiger charge is -2.08. The Morgan fingerprint density at radius 3 is 2.65 bits per heavy atom. The summed E-state index contributed by atoms with van der Waals surface area (Å²) in [6, 6.07) is 12.3. The van der Waals surface area contributed by atoms with Gasteiger partial charge in [-0.25, -0.2) is 9.97 Å². The SMILES string of the molecule is Cc1sc2nc(CSc3ccccc3)nc(Nc3ccn(C)n3)c2c1C. The van der Waals surface area contributed by atoms with E-state index in [1.54, 1.807) is 27.8 Å². The number of thiophene rings is 1. The Morgan fingerprint density at radius 2 is 1.92 bits per heavy atom. The molecule has 0 unspecified atom stereocenters. The normalized spacial score (nSPS) is 11.2. The van der Waals surface area contributed by atoms with E-state index in [9.17, 15) is 0 Å². The van der Waals surface area contributed by atoms with Gasteiger partial charge in [-0.2, -0.15) is 5.10 Å². The van der Waals surface area contributed by atoms with Crippen LogP contribution in [0.15, 0.2) is 47.5 Å². The van der Waals surface area contributed by atoms with Crippen molar-refractivity contribution in [3.05, 3.63) is 58.9 Å². The van der Waals surface area contributed by atoms with Crippen molar-refractivity contribution in [3.63, 3.8) is 0 Å². The molecule has 0 saturated carbocycles. The summed E-state index contributed by atoms with van der Waals surface area (Å²) >= 11 is 3.46. The molecule has 0 aliphatic carbocycles. The summed E-state index contributed by atoms with van der Waals surface area (Å²) in [6.07, 6.45) is 1.92. The Bertz CT molecular complexity index is 1050. The van der Waals surface area contributed by atoms with Gasteiger partial charge >= 0.3 is 0 Å². The molecule has 4 aromatic rings. The van der Waals surface area contributed by atoms with Gasteiger partial charge in [0.15, 0.2) is 5.82 Å². The van der Waals surface area contributed by atoms with E-state index in [0.717, 1.165) is 33.4 Å². The first-order valence-corrected chi connectivity index (χ1v) is 10.1. The largest absolute Gasteiger partial charge is 0.323 e. The molecule has 0 spiro atoms. The van der Waals surface area contributed by atoms with Crippen LogP contribution >= 0.6 is 23.1 Å². The van der Waals surface area contributed by atoms with Crippen LogP contribution in [0.5, 0.6) is 0 Å². The van der Waals surface area contributed by atoms with Gasteiger partial charge in [-0.15, -0.1) is 23.1 Å². The minimum absolute atomic E-state index is 0.729. The van der Waals surface area contributed by atoms with Crippen LogP contribution < -0.4 is 5.32 Å². The maximum absolute atomic E-state index is 4.81. The molecule has 0 amide bonds. The number of anilines is 2. The third-order valence-corrected chi connectivity index (χ3v) is 6.26. The average Bonchev–Trinajstić information content (AvgIpc) is 3.17. The van der Waals surface area contributed by atoms with Crippen LogP contribution in [-0.2, 0) is 12.8 Å². The lowest BCUT2D eigenvalue weighted by Crippen LogP contribution is -2.01. The second-order valence-corrected chi connectivity index (χ2v) is 8.31. The van der Waals surface area contributed by atoms with Crippen LogP contribution in [0.4, 0.5) is 11.6 Å². The first-order chi connectivity index (χ1) is 12.6. The zero-order chi connectivity index (χ0) is 18.1. The summed E-state index contributed by atoms with van der Waals surface area (Å²) in [5.74, 6) is 3.18. The van der Waals surface area contributed by atoms with Gasteiger partial charge < -0.3 is 5.32 Å². The smallest absolute Gasteiger partial charge is 0.153 e. The van der Waals surface area contributed by atoms with Gasteiger partial charge in [0.05, 0.1) is 11.1 Å². The molecule has 1 N–H and O–H groups in total. The molecule has 0 atom stereocenters. The number of nitrogens with one attached hydrogen (secondary N) is 1. The summed E-state index contributed by atoms with van der Waals surface area (Å²) in [7, 11) is 1.91. The van der Waals surface area contributed by atoms with Gasteiger partial charge in [-0.1, -0.05) is 18.2 Å². The van der Waals surface area contributed by atoms with Crippen LogP contribution in [0.2, 0.25) is 0 Å². The van der Waals surface area contributed by atoms with Crippen LogP contribution in [-0.4, -0.2) is 19.7 Å². The number of benzene rings is 1. The highest BCUT2D eigenvalue weighted by molar-refractivity contribution is 7.98. The molecule has 0 aliphatic rings. The molecule has 4 rings (SSSR count). The molecule has 3 aromatic heterocycles. The van der Waals surface area contributed by atoms with E-state index in [1.165, 1.54) is 15.3 Å². The van der Waals surface area contributed by atoms with E-state index in [-0.39, 0.29) is 0 Å². The van der Waals surface area contributed by atoms with Crippen molar-refractivity contribution in [3.8, 4) is 0 Å². The maximum Gasteiger partial charge on any atom is 0.153 e. The van der Waals surface area contributed by atoms with Crippen LogP contribution in [0.25, 0.3) is 10.2 Å². The van der Waals surface area contributed by atoms with Gasteiger partial charge in [0.2, 0.25) is 0 Å². The number of fused-ring (bicyclic) bond motifs is 1. The van der Waals surface area contributed by atoms with Gasteiger partial charge in [0.25, 0.3) is 0 Å². The van der Waals surface area contributed by atoms with Crippen molar-refractivity contribution in [1.29, 1.82) is 0 Å². The van der Waals surface area contributed by atoms with E-state index in [4.69, 9.17) is 9.97 Å². The summed E-state index contributed by atoms with van der Waals surface area (Å²) < 4.78 is 1.78. The van der Waals surface area contributed by atoms with Crippen LogP contribution in [0, 0.1) is 13.8 Å². The number of rotatable bonds is 5. The molecule has 0 aliphatic heterocycles. The Kier molecular flexibility index (Phi) is 4.65. The fourth-order valence-corrected chi connectivity index (χ4v) is 4.54. The molecule has 7 heteroatoms. The number of hydrogen-bond donors (Lipinski definition) is 1. The van der Waals surface area contributed by atoms with Crippen molar-refractivity contribution in [2.75, 3.05) is 5.32 Å². The van der Waals surface area contributed by atoms with Crippen molar-refractivity contribution >= 4 is 45.0 Å². The molecule has 0 radical (unpaired) electrons. The molecule has 0 bridgehead atoms. The van der Waals surface area contributed by atoms with Crippen molar-refractivity contribution in [1.82, 2.24) is 19.7 Å². The van der Waals surface area contributed by atoms with Crippen molar-refractivity contribution in [2.45, 2.75) is 24.5 Å². The van der Waals surface area contributed by atoms with E-state index in [0.29, 0.717) is 0 Å². The molecule has 5 nitrogen and oxygen atoms in total. The number of aromatic nitrogens is 4. The first-order valence-electron chi connectivity index (χ1n) is 8.31. The quantitative estimate of drug-likeness (QED) is 0.489. The van der Waals surface area contributed by atoms with Gasteiger partial charge in [0, 0.05) is 29.1 Å². The van der Waals surface area contributed by atoms with Crippen molar-refractivity contribution < 1.29 is 0 Å². The Morgan fingerprint density at radius 1 is 1.12 bits per heavy atom. The standard InChI is InChI=1S/C19H19N5S2/c1-12-13(2)26-19-17(12)18(20-15-9-10-24(3)23-15)21-16(22-19)11-25-14-7-5-4-6-8-14/h4-10H,11H2,1-3H3,(H,20,21,22,23). The molecular weight excluding hydrogens is 362 g/mol. The Hall–Kier alpha value is -2.38. The topological polar surface area (TPSA) is 55.6 Å². The molecule has 0 saturated heterocycles. The molecule has 26 heavy (non-hydrogen) atoms. The minimum atomic E-state index is 0.729. The zero-order valence-corrected chi connectivity index (χ0v) is 16.5. The van der Waals surface area contributed by atoms with Gasteiger partial charge in [0.1, 0.15) is 16.5 Å². The zero-order valence-electron chi connectivity index (χ0n) is 14.9. The number of aryl methyl sites for hydroxylation is 3. The van der Waals surface area contributed by atoms with Gasteiger partial charge in [-0.3, -0.25) is 4.68 Å². The minimum Gasteiger partial charge on any atom is -0.323 e. The molecule has 132 valence electrons. The lowest BCUT2D eigenvalue weighted by atomic mass is 10.2. The number of thioether (sulfide) groups is 1. The maximum atomic E-state index is 4.81. The second-order valence-electron chi connectivity index (χ2n) is 6.05. The molecule has 1 aromatic carbocycles. The Balaban J connectivity index is 1.70. The van der Waals surface area contributed by atoms with E-state index in [2.05, 4.69) is 36.4 Å². The summed E-state index contributed by atoms with van der Waals surface area (Å²) in [5, 5.41) is 8.88. The van der Waals surface area contributed by atoms with E-state index >= 15 is 0 Å². The first kappa shape index (κ1) is 17.1. The average molecular weight is 382 g/mol. The Labute approximate surface area is 160 Å². The predicted molar refractivity (Wildman–Crippen MR) is 109 cm³/mol. The molecule has 0 fully saturated rings. The third kappa shape index (κ3) is 3.45. The van der Waals surface area contributed by atoms with E-state index in [1.807, 2.05) is 37.5 Å². The molecular formula is C19H19N5S2. The summed E-state index contributed by atoms with van der Waals surface area (Å²) in [6.45, 7) is 4.25. The fourth-order valence-electron chi connectivity index (χ4n) is 2.72. The van der Waals surface area contributed by atoms with Crippen LogP contribution in [0.1, 0.15) is 16.3 Å². The number of hydrogen-bond acceptors (Lipinski definition) is 6. The van der Waals surface area contributed by atoms with Gasteiger partial charge in [-0.05, 0) is 31.5 Å². The monoisotopic (exact) mass is 381 g/mol. The fraction of sp³-hybridized carbons (Fsp3) is 0.211. The second kappa shape index (κ2) is 7.09. The van der Waals surface area contributed by atoms with Crippen LogP contribution in [0.3, 0.4) is 0 Å². The highest BCUT2D eigenvalue weighted by Crippen LogP contribution is 2.35. The van der Waals surface area contributed by atoms with E-state index < -0.39 is 0 Å². The highest BCUT2D eigenvalue weighted by atomic mass is 32.2. The lowest BCUT2D eigenvalue weighted by molar-refractivity contribution is 0.771. The summed E-state index contributed by atoms with van der Waals surface area (Å²) in [4.78, 5) is 13.1. The van der Waals surface area contributed by atoms with Crippen molar-refractivity contribution in [2.24, 2.45) is 7.05 Å². The molecule has 3 heterocycles. The number of nitrogens with zero attached hydrogens (tertiary/aromatic N) is 4. The third-order valence-electron chi connectivity index (χ3n) is 4.15. The highest BCUT2D eigenvalue weighted by Gasteiger charge is 2.15. The summed E-state index contributed by atoms with van der Waals surface area (Å²) in [5.41, 5.74) is 1.23. The predicted octanol–water partition coefficient (Wildman–Crippen LogP) is 5.08.